The van der Waals surface area contributed by atoms with Gasteiger partial charge in [-0.15, -0.1) is 0 Å². The molecule has 4 heterocycles. The maximum absolute atomic E-state index is 13.1. The van der Waals surface area contributed by atoms with Crippen LogP contribution in [0.25, 0.3) is 10.9 Å². The Balaban J connectivity index is 1.44. The van der Waals surface area contributed by atoms with Crippen molar-refractivity contribution in [2.24, 2.45) is 14.1 Å². The Morgan fingerprint density at radius 1 is 1.10 bits per heavy atom. The van der Waals surface area contributed by atoms with Gasteiger partial charge in [-0.2, -0.15) is 0 Å². The smallest absolute Gasteiger partial charge is 0.331 e. The molecule has 0 radical (unpaired) electrons. The van der Waals surface area contributed by atoms with Crippen LogP contribution < -0.4 is 11.2 Å². The second-order valence-electron chi connectivity index (χ2n) is 8.18. The van der Waals surface area contributed by atoms with Crippen LogP contribution in [0.15, 0.2) is 39.9 Å². The lowest BCUT2D eigenvalue weighted by atomic mass is 9.83. The lowest BCUT2D eigenvalue weighted by Crippen LogP contribution is -2.50. The monoisotopic (exact) mass is 408 g/mol. The standard InChI is InChI=1S/C22H24N4O4/c1-24-17(13-18(27)25(2)21(24)29)20(28)26-10-8-22(9-11-26)19-15(7-12-30-22)14-5-3-4-6-16(14)23-19/h3-6,13,23H,7-12H2,1-2H3. The average molecular weight is 408 g/mol. The van der Waals surface area contributed by atoms with Crippen molar-refractivity contribution in [1.29, 1.82) is 0 Å². The molecular weight excluding hydrogens is 384 g/mol. The third-order valence-electron chi connectivity index (χ3n) is 6.60. The number of amides is 1. The summed E-state index contributed by atoms with van der Waals surface area (Å²) in [6, 6.07) is 9.53. The van der Waals surface area contributed by atoms with Gasteiger partial charge in [0, 0.05) is 44.2 Å². The van der Waals surface area contributed by atoms with Crippen molar-refractivity contribution < 1.29 is 9.53 Å². The van der Waals surface area contributed by atoms with Crippen LogP contribution in [0.2, 0.25) is 0 Å². The van der Waals surface area contributed by atoms with Gasteiger partial charge in [-0.25, -0.2) is 4.79 Å². The first-order chi connectivity index (χ1) is 14.4. The van der Waals surface area contributed by atoms with E-state index in [-0.39, 0.29) is 11.6 Å². The number of rotatable bonds is 1. The van der Waals surface area contributed by atoms with E-state index in [9.17, 15) is 14.4 Å². The molecule has 1 fully saturated rings. The summed E-state index contributed by atoms with van der Waals surface area (Å²) in [4.78, 5) is 42.5. The Labute approximate surface area is 172 Å². The molecule has 3 aromatic rings. The highest BCUT2D eigenvalue weighted by molar-refractivity contribution is 5.92. The number of aromatic nitrogens is 3. The summed E-state index contributed by atoms with van der Waals surface area (Å²) in [5, 5.41) is 1.24. The second kappa shape index (κ2) is 6.70. The largest absolute Gasteiger partial charge is 0.368 e. The number of fused-ring (bicyclic) bond motifs is 4. The Morgan fingerprint density at radius 3 is 2.60 bits per heavy atom. The van der Waals surface area contributed by atoms with E-state index in [4.69, 9.17) is 4.74 Å². The summed E-state index contributed by atoms with van der Waals surface area (Å²) < 4.78 is 8.53. The minimum absolute atomic E-state index is 0.120. The van der Waals surface area contributed by atoms with Crippen LogP contribution in [0.5, 0.6) is 0 Å². The number of hydrogen-bond donors (Lipinski definition) is 1. The average Bonchev–Trinajstić information content (AvgIpc) is 3.15. The SMILES string of the molecule is Cn1c(C(=O)N2CCC3(CC2)OCCc2c3[nH]c3ccccc23)cc(=O)n(C)c1=O. The molecule has 2 aromatic heterocycles. The van der Waals surface area contributed by atoms with E-state index in [0.717, 1.165) is 22.2 Å². The van der Waals surface area contributed by atoms with E-state index in [1.165, 1.54) is 35.7 Å². The molecule has 1 saturated heterocycles. The molecule has 1 N–H and O–H groups in total. The molecule has 0 saturated carbocycles. The number of nitrogens with one attached hydrogen (secondary N) is 1. The highest BCUT2D eigenvalue weighted by Gasteiger charge is 2.43. The molecule has 156 valence electrons. The van der Waals surface area contributed by atoms with Crippen LogP contribution in [0.1, 0.15) is 34.6 Å². The van der Waals surface area contributed by atoms with Gasteiger partial charge < -0.3 is 14.6 Å². The Bertz CT molecular complexity index is 1270. The quantitative estimate of drug-likeness (QED) is 0.657. The zero-order chi connectivity index (χ0) is 21.0. The first kappa shape index (κ1) is 18.9. The summed E-state index contributed by atoms with van der Waals surface area (Å²) in [6.07, 6.45) is 2.20. The number of nitrogens with zero attached hydrogens (tertiary/aromatic N) is 3. The highest BCUT2D eigenvalue weighted by atomic mass is 16.5. The van der Waals surface area contributed by atoms with Gasteiger partial charge in [-0.1, -0.05) is 18.2 Å². The van der Waals surface area contributed by atoms with E-state index < -0.39 is 16.9 Å². The predicted molar refractivity (Wildman–Crippen MR) is 112 cm³/mol. The molecule has 1 spiro atoms. The van der Waals surface area contributed by atoms with Crippen LogP contribution in [-0.2, 0) is 30.9 Å². The number of H-pyrrole nitrogens is 1. The molecule has 1 aromatic carbocycles. The van der Waals surface area contributed by atoms with Crippen LogP contribution in [0, 0.1) is 0 Å². The summed E-state index contributed by atoms with van der Waals surface area (Å²) in [5.74, 6) is -0.296. The van der Waals surface area contributed by atoms with E-state index in [2.05, 4.69) is 17.1 Å². The first-order valence-electron chi connectivity index (χ1n) is 10.2. The Hall–Kier alpha value is -3.13. The van der Waals surface area contributed by atoms with E-state index in [1.54, 1.807) is 4.90 Å². The Morgan fingerprint density at radius 2 is 1.83 bits per heavy atom. The lowest BCUT2D eigenvalue weighted by Gasteiger charge is -2.43. The van der Waals surface area contributed by atoms with Crippen LogP contribution in [-0.4, -0.2) is 44.6 Å². The topological polar surface area (TPSA) is 89.3 Å². The fourth-order valence-electron chi connectivity index (χ4n) is 4.83. The molecule has 1 amide bonds. The molecule has 2 aliphatic heterocycles. The maximum atomic E-state index is 13.1. The number of carbonyl (C=O) groups is 1. The zero-order valence-corrected chi connectivity index (χ0v) is 17.1. The molecule has 0 atom stereocenters. The summed E-state index contributed by atoms with van der Waals surface area (Å²) in [7, 11) is 2.92. The summed E-state index contributed by atoms with van der Waals surface area (Å²) in [6.45, 7) is 1.65. The molecule has 0 bridgehead atoms. The van der Waals surface area contributed by atoms with Crippen molar-refractivity contribution in [3.8, 4) is 0 Å². The normalized spacial score (nSPS) is 18.0. The van der Waals surface area contributed by atoms with Crippen molar-refractivity contribution in [2.45, 2.75) is 24.9 Å². The van der Waals surface area contributed by atoms with Gasteiger partial charge in [0.15, 0.2) is 0 Å². The van der Waals surface area contributed by atoms with Gasteiger partial charge in [0.25, 0.3) is 11.5 Å². The minimum Gasteiger partial charge on any atom is -0.368 e. The fourth-order valence-corrected chi connectivity index (χ4v) is 4.83. The number of aromatic amines is 1. The molecule has 8 nitrogen and oxygen atoms in total. The molecule has 0 unspecified atom stereocenters. The molecule has 8 heteroatoms. The number of benzene rings is 1. The van der Waals surface area contributed by atoms with Crippen molar-refractivity contribution in [2.75, 3.05) is 19.7 Å². The Kier molecular flexibility index (Phi) is 4.21. The molecule has 0 aliphatic carbocycles. The fraction of sp³-hybridized carbons (Fsp3) is 0.409. The summed E-state index contributed by atoms with van der Waals surface area (Å²) in [5.41, 5.74) is 2.26. The third-order valence-corrected chi connectivity index (χ3v) is 6.60. The molecule has 5 rings (SSSR count). The van der Waals surface area contributed by atoms with Crippen LogP contribution in [0.4, 0.5) is 0 Å². The number of likely N-dealkylation sites (tertiary alicyclic amines) is 1. The highest BCUT2D eigenvalue weighted by Crippen LogP contribution is 2.43. The van der Waals surface area contributed by atoms with Crippen molar-refractivity contribution >= 4 is 16.8 Å². The number of ether oxygens (including phenoxy) is 1. The van der Waals surface area contributed by atoms with Crippen molar-refractivity contribution in [3.05, 3.63) is 68.1 Å². The zero-order valence-electron chi connectivity index (χ0n) is 17.1. The summed E-state index contributed by atoms with van der Waals surface area (Å²) >= 11 is 0. The van der Waals surface area contributed by atoms with Crippen LogP contribution >= 0.6 is 0 Å². The predicted octanol–water partition coefficient (Wildman–Crippen LogP) is 1.27. The molecule has 30 heavy (non-hydrogen) atoms. The van der Waals surface area contributed by atoms with Gasteiger partial charge in [0.05, 0.1) is 12.3 Å². The number of piperidine rings is 1. The van der Waals surface area contributed by atoms with Gasteiger partial charge in [-0.05, 0) is 30.9 Å². The van der Waals surface area contributed by atoms with Crippen LogP contribution in [0.3, 0.4) is 0 Å². The van der Waals surface area contributed by atoms with Gasteiger partial charge in [-0.3, -0.25) is 18.7 Å². The van der Waals surface area contributed by atoms with E-state index in [1.807, 2.05) is 12.1 Å². The van der Waals surface area contributed by atoms with Crippen molar-refractivity contribution in [3.63, 3.8) is 0 Å². The van der Waals surface area contributed by atoms with Crippen molar-refractivity contribution in [1.82, 2.24) is 19.0 Å². The van der Waals surface area contributed by atoms with Gasteiger partial charge in [0.2, 0.25) is 0 Å². The number of hydrogen-bond acceptors (Lipinski definition) is 4. The number of para-hydroxylation sites is 1. The molecule has 2 aliphatic rings. The second-order valence-corrected chi connectivity index (χ2v) is 8.18. The molecular formula is C22H24N4O4. The van der Waals surface area contributed by atoms with E-state index >= 15 is 0 Å². The lowest BCUT2D eigenvalue weighted by molar-refractivity contribution is -0.0958. The minimum atomic E-state index is -0.502. The van der Waals surface area contributed by atoms with E-state index in [0.29, 0.717) is 32.5 Å². The number of carbonyl (C=O) groups excluding carboxylic acids is 1. The van der Waals surface area contributed by atoms with Gasteiger partial charge >= 0.3 is 5.69 Å². The van der Waals surface area contributed by atoms with Gasteiger partial charge in [0.1, 0.15) is 11.3 Å². The third kappa shape index (κ3) is 2.67. The maximum Gasteiger partial charge on any atom is 0.331 e. The first-order valence-corrected chi connectivity index (χ1v) is 10.2.